The molecule has 0 atom stereocenters. The summed E-state index contributed by atoms with van der Waals surface area (Å²) in [6.45, 7) is 5.54. The van der Waals surface area contributed by atoms with Crippen molar-refractivity contribution in [3.8, 4) is 0 Å². The molecule has 0 spiro atoms. The van der Waals surface area contributed by atoms with Gasteiger partial charge in [0.2, 0.25) is 0 Å². The quantitative estimate of drug-likeness (QED) is 0.760. The monoisotopic (exact) mass is 325 g/mol. The molecule has 2 heterocycles. The second kappa shape index (κ2) is 7.53. The van der Waals surface area contributed by atoms with E-state index in [1.165, 1.54) is 35.4 Å². The Bertz CT molecular complexity index is 609. The van der Waals surface area contributed by atoms with Crippen LogP contribution in [-0.4, -0.2) is 55.7 Å². The summed E-state index contributed by atoms with van der Waals surface area (Å²) in [5.74, 6) is 0. The lowest BCUT2D eigenvalue weighted by Gasteiger charge is -2.23. The van der Waals surface area contributed by atoms with Crippen LogP contribution in [0.15, 0.2) is 16.1 Å². The van der Waals surface area contributed by atoms with Crippen LogP contribution in [0.5, 0.6) is 0 Å². The number of rotatable bonds is 0. The molecule has 4 rings (SSSR count). The summed E-state index contributed by atoms with van der Waals surface area (Å²) in [4.78, 5) is 14.8. The third-order valence-corrected chi connectivity index (χ3v) is 5.11. The van der Waals surface area contributed by atoms with Gasteiger partial charge in [-0.05, 0) is 49.7 Å². The maximum atomic E-state index is 5.09. The van der Waals surface area contributed by atoms with Gasteiger partial charge in [-0.15, -0.1) is 0 Å². The number of aliphatic imine (C=N–C) groups is 2. The Morgan fingerprint density at radius 2 is 1.21 bits per heavy atom. The molecule has 0 saturated heterocycles. The number of aryl methyl sites for hydroxylation is 2. The van der Waals surface area contributed by atoms with Gasteiger partial charge in [-0.2, -0.15) is 0 Å². The molecule has 2 aliphatic carbocycles. The molecule has 1 aromatic rings. The third-order valence-electron chi connectivity index (χ3n) is 5.11. The van der Waals surface area contributed by atoms with Crippen LogP contribution in [0.2, 0.25) is 0 Å². The normalized spacial score (nSPS) is 22.0. The first-order valence-corrected chi connectivity index (χ1v) is 9.43. The topological polar surface area (TPSA) is 61.7 Å². The van der Waals surface area contributed by atoms with Crippen molar-refractivity contribution in [1.82, 2.24) is 15.6 Å². The van der Waals surface area contributed by atoms with Gasteiger partial charge >= 0.3 is 0 Å². The molecule has 5 heteroatoms. The summed E-state index contributed by atoms with van der Waals surface area (Å²) >= 11 is 0. The minimum atomic E-state index is 0.842. The van der Waals surface area contributed by atoms with E-state index < -0.39 is 0 Å². The Balaban J connectivity index is 1.73. The molecule has 0 unspecified atom stereocenters. The fraction of sp³-hybridized carbons (Fsp3) is 0.632. The molecule has 128 valence electrons. The summed E-state index contributed by atoms with van der Waals surface area (Å²) in [5, 5.41) is 6.90. The summed E-state index contributed by atoms with van der Waals surface area (Å²) in [6, 6.07) is 2.40. The summed E-state index contributed by atoms with van der Waals surface area (Å²) < 4.78 is 0. The van der Waals surface area contributed by atoms with E-state index in [1.54, 1.807) is 0 Å². The SMILES string of the molecule is c1c2c3nc4c1CCCC4=NCCNCCNCCN=C3CCC2. The molecule has 1 aromatic heterocycles. The highest BCUT2D eigenvalue weighted by Crippen LogP contribution is 2.27. The lowest BCUT2D eigenvalue weighted by atomic mass is 9.87. The molecule has 0 aromatic carbocycles. The Labute approximate surface area is 144 Å². The summed E-state index contributed by atoms with van der Waals surface area (Å²) in [6.07, 6.45) is 6.81. The van der Waals surface area contributed by atoms with Crippen molar-refractivity contribution in [1.29, 1.82) is 0 Å². The first kappa shape index (κ1) is 15.9. The Hall–Kier alpha value is -1.59. The van der Waals surface area contributed by atoms with Crippen LogP contribution in [0.25, 0.3) is 0 Å². The average Bonchev–Trinajstić information content (AvgIpc) is 2.62. The van der Waals surface area contributed by atoms with Crippen LogP contribution in [0.1, 0.15) is 48.2 Å². The van der Waals surface area contributed by atoms with Gasteiger partial charge in [0, 0.05) is 26.2 Å². The minimum Gasteiger partial charge on any atom is -0.314 e. The van der Waals surface area contributed by atoms with E-state index in [2.05, 4.69) is 16.7 Å². The van der Waals surface area contributed by atoms with Crippen LogP contribution >= 0.6 is 0 Å². The van der Waals surface area contributed by atoms with Gasteiger partial charge in [-0.3, -0.25) is 9.98 Å². The van der Waals surface area contributed by atoms with Crippen molar-refractivity contribution in [2.75, 3.05) is 39.3 Å². The van der Waals surface area contributed by atoms with Gasteiger partial charge in [0.05, 0.1) is 35.9 Å². The van der Waals surface area contributed by atoms with Crippen molar-refractivity contribution < 1.29 is 0 Å². The number of aromatic nitrogens is 1. The molecular formula is C19H27N5. The van der Waals surface area contributed by atoms with Gasteiger partial charge in [-0.25, -0.2) is 4.98 Å². The Morgan fingerprint density at radius 1 is 0.667 bits per heavy atom. The van der Waals surface area contributed by atoms with Gasteiger partial charge in [-0.1, -0.05) is 6.07 Å². The van der Waals surface area contributed by atoms with Crippen LogP contribution in [0, 0.1) is 0 Å². The fourth-order valence-corrected chi connectivity index (χ4v) is 3.89. The Kier molecular flexibility index (Phi) is 4.99. The Morgan fingerprint density at radius 3 is 1.75 bits per heavy atom. The third kappa shape index (κ3) is 3.42. The maximum Gasteiger partial charge on any atom is 0.0880 e. The molecule has 2 bridgehead atoms. The molecule has 0 saturated carbocycles. The molecule has 0 fully saturated rings. The molecule has 0 radical (unpaired) electrons. The van der Waals surface area contributed by atoms with Crippen molar-refractivity contribution in [3.05, 3.63) is 28.6 Å². The lowest BCUT2D eigenvalue weighted by Crippen LogP contribution is -2.30. The van der Waals surface area contributed by atoms with Crippen LogP contribution in [0.4, 0.5) is 0 Å². The largest absolute Gasteiger partial charge is 0.314 e. The minimum absolute atomic E-state index is 0.842. The highest BCUT2D eigenvalue weighted by atomic mass is 15.0. The van der Waals surface area contributed by atoms with Crippen LogP contribution in [0.3, 0.4) is 0 Å². The highest BCUT2D eigenvalue weighted by molar-refractivity contribution is 6.05. The highest BCUT2D eigenvalue weighted by Gasteiger charge is 2.24. The number of hydrogen-bond acceptors (Lipinski definition) is 5. The van der Waals surface area contributed by atoms with E-state index in [0.717, 1.165) is 76.3 Å². The average molecular weight is 325 g/mol. The van der Waals surface area contributed by atoms with Crippen molar-refractivity contribution in [3.63, 3.8) is 0 Å². The van der Waals surface area contributed by atoms with Gasteiger partial charge in [0.1, 0.15) is 0 Å². The van der Waals surface area contributed by atoms with Gasteiger partial charge < -0.3 is 10.6 Å². The number of pyridine rings is 1. The number of hydrogen-bond donors (Lipinski definition) is 2. The molecule has 0 amide bonds. The van der Waals surface area contributed by atoms with Crippen LogP contribution < -0.4 is 10.6 Å². The molecule has 24 heavy (non-hydrogen) atoms. The van der Waals surface area contributed by atoms with Gasteiger partial charge in [0.15, 0.2) is 0 Å². The second-order valence-electron chi connectivity index (χ2n) is 6.87. The van der Waals surface area contributed by atoms with Crippen molar-refractivity contribution >= 4 is 11.4 Å². The maximum absolute atomic E-state index is 5.09. The molecule has 2 N–H and O–H groups in total. The zero-order chi connectivity index (χ0) is 16.2. The predicted molar refractivity (Wildman–Crippen MR) is 98.7 cm³/mol. The molecule has 3 aliphatic rings. The van der Waals surface area contributed by atoms with E-state index in [1.807, 2.05) is 0 Å². The van der Waals surface area contributed by atoms with Crippen LogP contribution in [-0.2, 0) is 12.8 Å². The second-order valence-corrected chi connectivity index (χ2v) is 6.87. The predicted octanol–water partition coefficient (Wildman–Crippen LogP) is 1.53. The van der Waals surface area contributed by atoms with Crippen molar-refractivity contribution in [2.24, 2.45) is 9.98 Å². The molecular weight excluding hydrogens is 298 g/mol. The zero-order valence-corrected chi connectivity index (χ0v) is 14.4. The van der Waals surface area contributed by atoms with E-state index in [4.69, 9.17) is 15.0 Å². The zero-order valence-electron chi connectivity index (χ0n) is 14.4. The summed E-state index contributed by atoms with van der Waals surface area (Å²) in [5.41, 5.74) is 7.53. The number of nitrogens with one attached hydrogen (secondary N) is 2. The van der Waals surface area contributed by atoms with E-state index in [9.17, 15) is 0 Å². The number of nitrogens with zero attached hydrogens (tertiary/aromatic N) is 3. The smallest absolute Gasteiger partial charge is 0.0880 e. The first-order chi connectivity index (χ1) is 11.9. The molecule has 5 nitrogen and oxygen atoms in total. The summed E-state index contributed by atoms with van der Waals surface area (Å²) in [7, 11) is 0. The van der Waals surface area contributed by atoms with Crippen molar-refractivity contribution in [2.45, 2.75) is 38.5 Å². The first-order valence-electron chi connectivity index (χ1n) is 9.43. The van der Waals surface area contributed by atoms with E-state index >= 15 is 0 Å². The van der Waals surface area contributed by atoms with E-state index in [-0.39, 0.29) is 0 Å². The molecule has 1 aliphatic heterocycles. The fourth-order valence-electron chi connectivity index (χ4n) is 3.89. The lowest BCUT2D eigenvalue weighted by molar-refractivity contribution is 0.618. The van der Waals surface area contributed by atoms with Gasteiger partial charge in [0.25, 0.3) is 0 Å². The standard InChI is InChI=1S/C19H27N5/c1-3-14-13-15-4-2-6-17-19(15)24-18(14)16(5-1)22-11-9-20-7-8-21-10-12-23-17/h13,20-21H,1-12H2. The van der Waals surface area contributed by atoms with E-state index in [0.29, 0.717) is 0 Å².